The second-order valence-corrected chi connectivity index (χ2v) is 9.65. The number of nitrogens with zero attached hydrogens (tertiary/aromatic N) is 3. The Balaban J connectivity index is 1.86. The van der Waals surface area contributed by atoms with Gasteiger partial charge in [0.2, 0.25) is 5.91 Å². The van der Waals surface area contributed by atoms with E-state index in [4.69, 9.17) is 0 Å². The van der Waals surface area contributed by atoms with E-state index in [1.165, 1.54) is 43.6 Å². The predicted molar refractivity (Wildman–Crippen MR) is 120 cm³/mol. The Morgan fingerprint density at radius 1 is 1.10 bits per heavy atom. The molecule has 0 radical (unpaired) electrons. The molecular formula is C22H31N5O2S. The first-order valence-corrected chi connectivity index (χ1v) is 11.5. The number of benzene rings is 1. The summed E-state index contributed by atoms with van der Waals surface area (Å²) in [6.45, 7) is 6.60. The van der Waals surface area contributed by atoms with Gasteiger partial charge in [0.15, 0.2) is 11.0 Å². The average molecular weight is 430 g/mol. The minimum absolute atomic E-state index is 0.0920. The van der Waals surface area contributed by atoms with Gasteiger partial charge in [-0.05, 0) is 23.8 Å². The number of urea groups is 1. The minimum atomic E-state index is -0.506. The lowest BCUT2D eigenvalue weighted by atomic mass is 9.86. The van der Waals surface area contributed by atoms with Crippen molar-refractivity contribution in [2.45, 2.75) is 69.5 Å². The van der Waals surface area contributed by atoms with Gasteiger partial charge in [0, 0.05) is 18.7 Å². The van der Waals surface area contributed by atoms with E-state index in [1.54, 1.807) is 0 Å². The normalized spacial score (nSPS) is 15.1. The Morgan fingerprint density at radius 3 is 2.37 bits per heavy atom. The summed E-state index contributed by atoms with van der Waals surface area (Å²) in [6, 6.07) is 8.34. The number of amides is 3. The minimum Gasteiger partial charge on any atom is -0.341 e. The lowest BCUT2D eigenvalue weighted by molar-refractivity contribution is -0.117. The second kappa shape index (κ2) is 9.64. The number of thioether (sulfide) groups is 1. The third-order valence-electron chi connectivity index (χ3n) is 5.43. The highest BCUT2D eigenvalue weighted by molar-refractivity contribution is 7.99. The zero-order chi connectivity index (χ0) is 21.7. The van der Waals surface area contributed by atoms with E-state index < -0.39 is 6.03 Å². The Kier molecular flexibility index (Phi) is 7.18. The number of carbonyl (C=O) groups is 2. The van der Waals surface area contributed by atoms with Gasteiger partial charge in [-0.2, -0.15) is 0 Å². The van der Waals surface area contributed by atoms with Crippen LogP contribution in [0.4, 0.5) is 4.79 Å². The van der Waals surface area contributed by atoms with Gasteiger partial charge in [0.05, 0.1) is 5.75 Å². The molecule has 0 aliphatic heterocycles. The van der Waals surface area contributed by atoms with Crippen molar-refractivity contribution in [3.05, 3.63) is 29.8 Å². The Bertz CT molecular complexity index is 880. The van der Waals surface area contributed by atoms with Crippen LogP contribution in [0.1, 0.15) is 64.5 Å². The molecule has 8 heteroatoms. The quantitative estimate of drug-likeness (QED) is 0.692. The molecule has 1 fully saturated rings. The van der Waals surface area contributed by atoms with E-state index >= 15 is 0 Å². The van der Waals surface area contributed by atoms with E-state index in [0.717, 1.165) is 29.4 Å². The number of aromatic nitrogens is 3. The van der Waals surface area contributed by atoms with Crippen molar-refractivity contribution in [3.8, 4) is 11.4 Å². The lowest BCUT2D eigenvalue weighted by Crippen LogP contribution is -2.38. The zero-order valence-corrected chi connectivity index (χ0v) is 19.0. The molecule has 2 aromatic rings. The molecular weight excluding hydrogens is 398 g/mol. The first-order valence-electron chi connectivity index (χ1n) is 10.5. The largest absolute Gasteiger partial charge is 0.341 e. The van der Waals surface area contributed by atoms with Crippen molar-refractivity contribution >= 4 is 23.7 Å². The molecule has 162 valence electrons. The fraction of sp³-hybridized carbons (Fsp3) is 0.545. The monoisotopic (exact) mass is 429 g/mol. The first-order chi connectivity index (χ1) is 14.3. The molecule has 3 amide bonds. The van der Waals surface area contributed by atoms with Crippen molar-refractivity contribution in [3.63, 3.8) is 0 Å². The molecule has 1 saturated carbocycles. The predicted octanol–water partition coefficient (Wildman–Crippen LogP) is 4.30. The molecule has 0 spiro atoms. The summed E-state index contributed by atoms with van der Waals surface area (Å²) in [5, 5.41) is 14.3. The number of hydrogen-bond donors (Lipinski definition) is 2. The Labute approximate surface area is 182 Å². The van der Waals surface area contributed by atoms with Gasteiger partial charge in [-0.25, -0.2) is 4.79 Å². The standard InChI is InChI=1S/C22H31N5O2S/c1-22(2,3)16-12-10-15(11-13-16)19-25-26-21(27(19)17-8-6-5-7-9-17)30-14-18(28)24-20(29)23-4/h10-13,17H,5-9,14H2,1-4H3,(H2,23,24,28,29). The topological polar surface area (TPSA) is 88.9 Å². The van der Waals surface area contributed by atoms with Crippen LogP contribution >= 0.6 is 11.8 Å². The third kappa shape index (κ3) is 5.41. The van der Waals surface area contributed by atoms with Crippen LogP contribution in [0.2, 0.25) is 0 Å². The average Bonchev–Trinajstić information content (AvgIpc) is 3.16. The smallest absolute Gasteiger partial charge is 0.321 e. The van der Waals surface area contributed by atoms with Crippen molar-refractivity contribution in [1.29, 1.82) is 0 Å². The zero-order valence-electron chi connectivity index (χ0n) is 18.2. The maximum absolute atomic E-state index is 12.0. The third-order valence-corrected chi connectivity index (χ3v) is 6.37. The molecule has 1 aliphatic rings. The van der Waals surface area contributed by atoms with Crippen LogP contribution in [0.25, 0.3) is 11.4 Å². The van der Waals surface area contributed by atoms with Crippen LogP contribution < -0.4 is 10.6 Å². The highest BCUT2D eigenvalue weighted by Crippen LogP contribution is 2.36. The number of nitrogens with one attached hydrogen (secondary N) is 2. The summed E-state index contributed by atoms with van der Waals surface area (Å²) in [5.74, 6) is 0.603. The molecule has 0 unspecified atom stereocenters. The first kappa shape index (κ1) is 22.3. The van der Waals surface area contributed by atoms with Gasteiger partial charge in [0.1, 0.15) is 0 Å². The van der Waals surface area contributed by atoms with Gasteiger partial charge < -0.3 is 5.32 Å². The second-order valence-electron chi connectivity index (χ2n) is 8.71. The fourth-order valence-electron chi connectivity index (χ4n) is 3.72. The van der Waals surface area contributed by atoms with Crippen LogP contribution in [-0.2, 0) is 10.2 Å². The fourth-order valence-corrected chi connectivity index (χ4v) is 4.52. The summed E-state index contributed by atoms with van der Waals surface area (Å²) in [5.41, 5.74) is 2.40. The molecule has 1 aromatic heterocycles. The molecule has 0 saturated heterocycles. The SMILES string of the molecule is CNC(=O)NC(=O)CSc1nnc(-c2ccc(C(C)(C)C)cc2)n1C1CCCCC1. The van der Waals surface area contributed by atoms with Gasteiger partial charge in [0.25, 0.3) is 0 Å². The van der Waals surface area contributed by atoms with Crippen LogP contribution in [0.3, 0.4) is 0 Å². The van der Waals surface area contributed by atoms with E-state index in [1.807, 2.05) is 0 Å². The van der Waals surface area contributed by atoms with Crippen LogP contribution in [0, 0.1) is 0 Å². The van der Waals surface area contributed by atoms with E-state index in [9.17, 15) is 9.59 Å². The molecule has 2 N–H and O–H groups in total. The lowest BCUT2D eigenvalue weighted by Gasteiger charge is -2.26. The van der Waals surface area contributed by atoms with E-state index in [-0.39, 0.29) is 17.1 Å². The molecule has 0 bridgehead atoms. The highest BCUT2D eigenvalue weighted by Gasteiger charge is 2.25. The van der Waals surface area contributed by atoms with Gasteiger partial charge in [-0.3, -0.25) is 14.7 Å². The van der Waals surface area contributed by atoms with Crippen molar-refractivity contribution < 1.29 is 9.59 Å². The summed E-state index contributed by atoms with van der Waals surface area (Å²) < 4.78 is 2.20. The van der Waals surface area contributed by atoms with Crippen molar-refractivity contribution in [1.82, 2.24) is 25.4 Å². The van der Waals surface area contributed by atoms with Gasteiger partial charge in [-0.15, -0.1) is 10.2 Å². The Morgan fingerprint density at radius 2 is 1.77 bits per heavy atom. The molecule has 1 heterocycles. The maximum Gasteiger partial charge on any atom is 0.321 e. The van der Waals surface area contributed by atoms with E-state index in [0.29, 0.717) is 6.04 Å². The summed E-state index contributed by atoms with van der Waals surface area (Å²) in [6.07, 6.45) is 5.80. The number of rotatable bonds is 5. The molecule has 1 aliphatic carbocycles. The number of hydrogen-bond acceptors (Lipinski definition) is 5. The van der Waals surface area contributed by atoms with Crippen LogP contribution in [0.15, 0.2) is 29.4 Å². The molecule has 3 rings (SSSR count). The summed E-state index contributed by atoms with van der Waals surface area (Å²) in [4.78, 5) is 23.4. The number of imide groups is 1. The van der Waals surface area contributed by atoms with Gasteiger partial charge in [-0.1, -0.05) is 76.1 Å². The van der Waals surface area contributed by atoms with Crippen molar-refractivity contribution in [2.24, 2.45) is 0 Å². The molecule has 1 aromatic carbocycles. The molecule has 7 nitrogen and oxygen atoms in total. The molecule has 0 atom stereocenters. The van der Waals surface area contributed by atoms with Crippen LogP contribution in [-0.4, -0.2) is 39.5 Å². The van der Waals surface area contributed by atoms with Crippen LogP contribution in [0.5, 0.6) is 0 Å². The summed E-state index contributed by atoms with van der Waals surface area (Å²) >= 11 is 1.32. The van der Waals surface area contributed by atoms with E-state index in [2.05, 4.69) is 70.4 Å². The molecule has 30 heavy (non-hydrogen) atoms. The number of carbonyl (C=O) groups excluding carboxylic acids is 2. The maximum atomic E-state index is 12.0. The highest BCUT2D eigenvalue weighted by atomic mass is 32.2. The van der Waals surface area contributed by atoms with Crippen molar-refractivity contribution in [2.75, 3.05) is 12.8 Å². The Hall–Kier alpha value is -2.35. The summed E-state index contributed by atoms with van der Waals surface area (Å²) in [7, 11) is 1.48. The van der Waals surface area contributed by atoms with Gasteiger partial charge >= 0.3 is 6.03 Å².